The number of hydrogen-bond donors (Lipinski definition) is 1. The number of carbonyl (C=O) groups excluding carboxylic acids is 2. The number of pyridine rings is 1. The van der Waals surface area contributed by atoms with Crippen molar-refractivity contribution < 1.29 is 14.3 Å². The van der Waals surface area contributed by atoms with Crippen LogP contribution in [-0.4, -0.2) is 30.0 Å². The molecule has 2 heterocycles. The Bertz CT molecular complexity index is 1120. The number of rotatable bonds is 6. The predicted molar refractivity (Wildman–Crippen MR) is 120 cm³/mol. The molecule has 6 heteroatoms. The van der Waals surface area contributed by atoms with Crippen molar-refractivity contribution in [2.75, 3.05) is 13.2 Å². The normalized spacial score (nSPS) is 14.3. The van der Waals surface area contributed by atoms with Crippen molar-refractivity contribution in [3.63, 3.8) is 0 Å². The first-order chi connectivity index (χ1) is 14.5. The lowest BCUT2D eigenvalue weighted by molar-refractivity contribution is -0.124. The van der Waals surface area contributed by atoms with E-state index in [0.717, 1.165) is 40.6 Å². The summed E-state index contributed by atoms with van der Waals surface area (Å²) >= 11 is 1.68. The highest BCUT2D eigenvalue weighted by atomic mass is 32.1. The standard InChI is InChI=1S/C24H24N2O3S/c1-15(2)13-25-21(27)14-29-24(28)22-18-7-3-4-8-20(18)26-23-16(9-10-19(22)23)12-17-6-5-11-30-17/h3-8,11-12,15H,9-10,13-14H2,1-2H3,(H,25,27)/b16-12-. The number of ether oxygens (including phenoxy) is 1. The molecule has 1 aliphatic rings. The number of nitrogens with one attached hydrogen (secondary N) is 1. The van der Waals surface area contributed by atoms with Crippen LogP contribution in [0.2, 0.25) is 0 Å². The summed E-state index contributed by atoms with van der Waals surface area (Å²) in [5.74, 6) is -0.419. The lowest BCUT2D eigenvalue weighted by Crippen LogP contribution is -2.31. The monoisotopic (exact) mass is 420 g/mol. The van der Waals surface area contributed by atoms with Gasteiger partial charge < -0.3 is 10.1 Å². The third-order valence-corrected chi connectivity index (χ3v) is 5.87. The first-order valence-electron chi connectivity index (χ1n) is 10.1. The number of para-hydroxylation sites is 1. The van der Waals surface area contributed by atoms with Gasteiger partial charge in [0, 0.05) is 16.8 Å². The van der Waals surface area contributed by atoms with Gasteiger partial charge in [0.2, 0.25) is 0 Å². The number of fused-ring (bicyclic) bond motifs is 2. The van der Waals surface area contributed by atoms with Crippen LogP contribution in [0.1, 0.15) is 46.8 Å². The van der Waals surface area contributed by atoms with Crippen LogP contribution >= 0.6 is 11.3 Å². The molecule has 1 aromatic carbocycles. The van der Waals surface area contributed by atoms with Crippen molar-refractivity contribution in [2.24, 2.45) is 5.92 Å². The SMILES string of the molecule is CC(C)CNC(=O)COC(=O)c1c2c(nc3ccccc13)/C(=C\c1cccs1)CC2. The number of amides is 1. The second kappa shape index (κ2) is 8.79. The number of thiophene rings is 1. The highest BCUT2D eigenvalue weighted by Crippen LogP contribution is 2.38. The second-order valence-electron chi connectivity index (χ2n) is 7.79. The maximum Gasteiger partial charge on any atom is 0.339 e. The van der Waals surface area contributed by atoms with Crippen molar-refractivity contribution >= 4 is 45.8 Å². The van der Waals surface area contributed by atoms with Gasteiger partial charge in [-0.1, -0.05) is 38.1 Å². The van der Waals surface area contributed by atoms with E-state index in [1.165, 1.54) is 4.88 Å². The number of benzene rings is 1. The van der Waals surface area contributed by atoms with Crippen molar-refractivity contribution in [3.05, 3.63) is 63.5 Å². The first-order valence-corrected chi connectivity index (χ1v) is 11.0. The Morgan fingerprint density at radius 1 is 1.20 bits per heavy atom. The number of nitrogens with zero attached hydrogens (tertiary/aromatic N) is 1. The molecule has 1 amide bonds. The number of esters is 1. The summed E-state index contributed by atoms with van der Waals surface area (Å²) in [6, 6.07) is 11.7. The predicted octanol–water partition coefficient (Wildman–Crippen LogP) is 4.71. The van der Waals surface area contributed by atoms with Crippen molar-refractivity contribution in [2.45, 2.75) is 26.7 Å². The molecule has 0 unspecified atom stereocenters. The molecule has 0 atom stereocenters. The van der Waals surface area contributed by atoms with Crippen LogP contribution in [0.3, 0.4) is 0 Å². The number of allylic oxidation sites excluding steroid dienone is 1. The molecular weight excluding hydrogens is 396 g/mol. The van der Waals surface area contributed by atoms with Gasteiger partial charge in [-0.05, 0) is 53.5 Å². The molecule has 0 saturated carbocycles. The van der Waals surface area contributed by atoms with E-state index in [4.69, 9.17) is 9.72 Å². The lowest BCUT2D eigenvalue weighted by Gasteiger charge is -2.13. The van der Waals surface area contributed by atoms with Gasteiger partial charge in [-0.25, -0.2) is 9.78 Å². The zero-order valence-corrected chi connectivity index (χ0v) is 17.9. The quantitative estimate of drug-likeness (QED) is 0.586. The van der Waals surface area contributed by atoms with Crippen molar-refractivity contribution in [3.8, 4) is 0 Å². The van der Waals surface area contributed by atoms with E-state index in [0.29, 0.717) is 18.0 Å². The Balaban J connectivity index is 1.66. The van der Waals surface area contributed by atoms with Crippen LogP contribution in [0.5, 0.6) is 0 Å². The van der Waals surface area contributed by atoms with Crippen LogP contribution in [-0.2, 0) is 16.0 Å². The first kappa shape index (κ1) is 20.3. The maximum atomic E-state index is 13.0. The molecule has 3 aromatic rings. The van der Waals surface area contributed by atoms with Gasteiger partial charge >= 0.3 is 5.97 Å². The summed E-state index contributed by atoms with van der Waals surface area (Å²) in [7, 11) is 0. The Morgan fingerprint density at radius 2 is 2.03 bits per heavy atom. The van der Waals surface area contributed by atoms with Gasteiger partial charge in [0.1, 0.15) is 0 Å². The van der Waals surface area contributed by atoms with E-state index in [1.807, 2.05) is 49.6 Å². The molecule has 0 spiro atoms. The fraction of sp³-hybridized carbons (Fsp3) is 0.292. The average Bonchev–Trinajstić information content (AvgIpc) is 3.39. The Kier molecular flexibility index (Phi) is 5.95. The van der Waals surface area contributed by atoms with Crippen LogP contribution in [0, 0.1) is 5.92 Å². The van der Waals surface area contributed by atoms with E-state index in [2.05, 4.69) is 17.5 Å². The third-order valence-electron chi connectivity index (χ3n) is 5.05. The largest absolute Gasteiger partial charge is 0.452 e. The molecule has 0 radical (unpaired) electrons. The number of carbonyl (C=O) groups is 2. The van der Waals surface area contributed by atoms with Crippen LogP contribution in [0.15, 0.2) is 41.8 Å². The Hall–Kier alpha value is -2.99. The van der Waals surface area contributed by atoms with E-state index in [1.54, 1.807) is 11.3 Å². The van der Waals surface area contributed by atoms with Gasteiger partial charge in [-0.3, -0.25) is 4.79 Å². The molecule has 154 valence electrons. The van der Waals surface area contributed by atoms with Gasteiger partial charge in [0.15, 0.2) is 6.61 Å². The minimum Gasteiger partial charge on any atom is -0.452 e. The molecule has 1 N–H and O–H groups in total. The summed E-state index contributed by atoms with van der Waals surface area (Å²) < 4.78 is 5.40. The van der Waals surface area contributed by atoms with Gasteiger partial charge in [-0.15, -0.1) is 11.3 Å². The summed E-state index contributed by atoms with van der Waals surface area (Å²) in [6.07, 6.45) is 3.70. The van der Waals surface area contributed by atoms with Gasteiger partial charge in [0.05, 0.1) is 16.8 Å². The van der Waals surface area contributed by atoms with Crippen molar-refractivity contribution in [1.82, 2.24) is 10.3 Å². The third kappa shape index (κ3) is 4.28. The van der Waals surface area contributed by atoms with E-state index in [-0.39, 0.29) is 12.5 Å². The summed E-state index contributed by atoms with van der Waals surface area (Å²) in [5.41, 5.74) is 4.18. The molecule has 5 nitrogen and oxygen atoms in total. The van der Waals surface area contributed by atoms with E-state index >= 15 is 0 Å². The molecule has 0 bridgehead atoms. The fourth-order valence-electron chi connectivity index (χ4n) is 3.63. The highest BCUT2D eigenvalue weighted by molar-refractivity contribution is 7.10. The van der Waals surface area contributed by atoms with Gasteiger partial charge in [-0.2, -0.15) is 0 Å². The van der Waals surface area contributed by atoms with Crippen LogP contribution in [0.4, 0.5) is 0 Å². The summed E-state index contributed by atoms with van der Waals surface area (Å²) in [4.78, 5) is 31.1. The average molecular weight is 421 g/mol. The number of aromatic nitrogens is 1. The zero-order valence-electron chi connectivity index (χ0n) is 17.1. The molecule has 4 rings (SSSR count). The minimum absolute atomic E-state index is 0.283. The summed E-state index contributed by atoms with van der Waals surface area (Å²) in [6.45, 7) is 4.30. The summed E-state index contributed by atoms with van der Waals surface area (Å²) in [5, 5.41) is 5.58. The van der Waals surface area contributed by atoms with E-state index < -0.39 is 5.97 Å². The van der Waals surface area contributed by atoms with E-state index in [9.17, 15) is 9.59 Å². The molecule has 2 aromatic heterocycles. The minimum atomic E-state index is -0.470. The van der Waals surface area contributed by atoms with Crippen molar-refractivity contribution in [1.29, 1.82) is 0 Å². The zero-order chi connectivity index (χ0) is 21.1. The molecule has 30 heavy (non-hydrogen) atoms. The fourth-order valence-corrected chi connectivity index (χ4v) is 4.31. The molecule has 0 aliphatic heterocycles. The van der Waals surface area contributed by atoms with Crippen LogP contribution < -0.4 is 5.32 Å². The smallest absolute Gasteiger partial charge is 0.339 e. The number of hydrogen-bond acceptors (Lipinski definition) is 5. The molecule has 0 saturated heterocycles. The molecule has 1 aliphatic carbocycles. The topological polar surface area (TPSA) is 68.3 Å². The maximum absolute atomic E-state index is 13.0. The second-order valence-corrected chi connectivity index (χ2v) is 8.77. The highest BCUT2D eigenvalue weighted by Gasteiger charge is 2.28. The van der Waals surface area contributed by atoms with Gasteiger partial charge in [0.25, 0.3) is 5.91 Å². The lowest BCUT2D eigenvalue weighted by atomic mass is 10.0. The molecule has 0 fully saturated rings. The van der Waals surface area contributed by atoms with Crippen LogP contribution in [0.25, 0.3) is 22.6 Å². The Labute approximate surface area is 179 Å². The molecular formula is C24H24N2O3S. The Morgan fingerprint density at radius 3 is 2.80 bits per heavy atom.